The highest BCUT2D eigenvalue weighted by Crippen LogP contribution is 2.15. The molecule has 2 aromatic carbocycles. The van der Waals surface area contributed by atoms with Gasteiger partial charge in [-0.2, -0.15) is 0 Å². The fourth-order valence-electron chi connectivity index (χ4n) is 2.31. The number of halogens is 2. The van der Waals surface area contributed by atoms with Crippen LogP contribution in [-0.4, -0.2) is 16.8 Å². The predicted molar refractivity (Wildman–Crippen MR) is 97.7 cm³/mol. The van der Waals surface area contributed by atoms with E-state index < -0.39 is 23.4 Å². The largest absolute Gasteiger partial charge is 0.322 e. The van der Waals surface area contributed by atoms with Crippen molar-refractivity contribution in [1.82, 2.24) is 4.98 Å². The summed E-state index contributed by atoms with van der Waals surface area (Å²) < 4.78 is 26.2. The van der Waals surface area contributed by atoms with E-state index in [9.17, 15) is 18.4 Å². The number of hydrogen-bond donors (Lipinski definition) is 2. The topological polar surface area (TPSA) is 71.1 Å². The van der Waals surface area contributed by atoms with Crippen molar-refractivity contribution in [2.24, 2.45) is 0 Å². The fraction of sp³-hybridized carbons (Fsp3) is 0.0500. The van der Waals surface area contributed by atoms with E-state index in [4.69, 9.17) is 0 Å². The van der Waals surface area contributed by atoms with Gasteiger partial charge < -0.3 is 10.6 Å². The van der Waals surface area contributed by atoms with Gasteiger partial charge >= 0.3 is 0 Å². The van der Waals surface area contributed by atoms with E-state index >= 15 is 0 Å². The number of aromatic nitrogens is 1. The van der Waals surface area contributed by atoms with E-state index in [1.54, 1.807) is 12.1 Å². The van der Waals surface area contributed by atoms with Crippen LogP contribution >= 0.6 is 0 Å². The molecule has 0 aliphatic rings. The van der Waals surface area contributed by atoms with Crippen LogP contribution in [0.4, 0.5) is 20.2 Å². The lowest BCUT2D eigenvalue weighted by Gasteiger charge is -2.08. The zero-order chi connectivity index (χ0) is 19.4. The number of hydrogen-bond acceptors (Lipinski definition) is 3. The van der Waals surface area contributed by atoms with Crippen molar-refractivity contribution in [3.8, 4) is 0 Å². The number of benzene rings is 2. The third kappa shape index (κ3) is 4.52. The van der Waals surface area contributed by atoms with E-state index in [2.05, 4.69) is 15.6 Å². The number of carbonyl (C=O) groups excluding carboxylic acids is 2. The molecule has 7 heteroatoms. The molecule has 0 radical (unpaired) electrons. The number of anilines is 2. The molecule has 3 rings (SSSR count). The van der Waals surface area contributed by atoms with Gasteiger partial charge in [0.05, 0.1) is 11.1 Å². The van der Waals surface area contributed by atoms with Gasteiger partial charge in [0.2, 0.25) is 0 Å². The maximum absolute atomic E-state index is 13.2. The lowest BCUT2D eigenvalue weighted by molar-refractivity contribution is 0.102. The summed E-state index contributed by atoms with van der Waals surface area (Å²) in [5, 5.41) is 5.14. The van der Waals surface area contributed by atoms with Crippen molar-refractivity contribution in [1.29, 1.82) is 0 Å². The molecule has 27 heavy (non-hydrogen) atoms. The van der Waals surface area contributed by atoms with Crippen molar-refractivity contribution in [2.45, 2.75) is 6.92 Å². The Labute approximate surface area is 154 Å². The molecule has 0 unspecified atom stereocenters. The number of nitrogens with zero attached hydrogens (tertiary/aromatic N) is 1. The van der Waals surface area contributed by atoms with E-state index in [1.807, 2.05) is 19.1 Å². The van der Waals surface area contributed by atoms with Crippen LogP contribution in [0.15, 0.2) is 60.9 Å². The minimum absolute atomic E-state index is 0.0911. The molecule has 2 amide bonds. The Morgan fingerprint density at radius 1 is 0.778 bits per heavy atom. The summed E-state index contributed by atoms with van der Waals surface area (Å²) in [5.41, 5.74) is 2.06. The van der Waals surface area contributed by atoms with E-state index in [0.717, 1.165) is 17.7 Å². The van der Waals surface area contributed by atoms with Gasteiger partial charge in [-0.1, -0.05) is 17.7 Å². The summed E-state index contributed by atoms with van der Waals surface area (Å²) in [6, 6.07) is 11.6. The molecular formula is C20H15F2N3O2. The Bertz CT molecular complexity index is 1000. The first-order valence-electron chi connectivity index (χ1n) is 8.02. The molecule has 0 atom stereocenters. The fourth-order valence-corrected chi connectivity index (χ4v) is 2.31. The first-order chi connectivity index (χ1) is 12.9. The molecule has 0 aliphatic heterocycles. The van der Waals surface area contributed by atoms with Gasteiger partial charge in [0.25, 0.3) is 11.8 Å². The first kappa shape index (κ1) is 18.2. The van der Waals surface area contributed by atoms with Crippen LogP contribution in [0.25, 0.3) is 0 Å². The molecule has 1 aromatic heterocycles. The molecule has 0 aliphatic carbocycles. The minimum Gasteiger partial charge on any atom is -0.322 e. The van der Waals surface area contributed by atoms with E-state index in [-0.39, 0.29) is 16.8 Å². The molecule has 136 valence electrons. The predicted octanol–water partition coefficient (Wildman–Crippen LogP) is 4.17. The third-order valence-corrected chi connectivity index (χ3v) is 3.75. The second-order valence-electron chi connectivity index (χ2n) is 5.87. The maximum atomic E-state index is 13.2. The molecule has 0 saturated heterocycles. The summed E-state index contributed by atoms with van der Waals surface area (Å²) >= 11 is 0. The average molecular weight is 367 g/mol. The van der Waals surface area contributed by atoms with Gasteiger partial charge in [-0.3, -0.25) is 14.6 Å². The van der Waals surface area contributed by atoms with Gasteiger partial charge in [-0.05, 0) is 37.3 Å². The van der Waals surface area contributed by atoms with Crippen LogP contribution in [0.3, 0.4) is 0 Å². The molecule has 0 bridgehead atoms. The van der Waals surface area contributed by atoms with Gasteiger partial charge in [0.1, 0.15) is 0 Å². The number of pyridine rings is 1. The van der Waals surface area contributed by atoms with Crippen molar-refractivity contribution < 1.29 is 18.4 Å². The third-order valence-electron chi connectivity index (χ3n) is 3.75. The average Bonchev–Trinajstić information content (AvgIpc) is 2.66. The standard InChI is InChI=1S/C20H15F2N3O2/c1-12-2-4-15(5-3-12)24-19(26)13-8-14(11-23-10-13)20(27)25-16-6-7-17(21)18(22)9-16/h2-11H,1H3,(H,24,26)(H,25,27). The second-order valence-corrected chi connectivity index (χ2v) is 5.87. The highest BCUT2D eigenvalue weighted by molar-refractivity contribution is 6.08. The second kappa shape index (κ2) is 7.74. The summed E-state index contributed by atoms with van der Waals surface area (Å²) in [6.07, 6.45) is 2.61. The minimum atomic E-state index is -1.07. The zero-order valence-electron chi connectivity index (χ0n) is 14.3. The smallest absolute Gasteiger partial charge is 0.257 e. The van der Waals surface area contributed by atoms with Gasteiger partial charge in [0.15, 0.2) is 11.6 Å². The SMILES string of the molecule is Cc1ccc(NC(=O)c2cncc(C(=O)Nc3ccc(F)c(F)c3)c2)cc1. The summed E-state index contributed by atoms with van der Waals surface area (Å²) in [7, 11) is 0. The number of aryl methyl sites for hydroxylation is 1. The Hall–Kier alpha value is -3.61. The van der Waals surface area contributed by atoms with E-state index in [1.165, 1.54) is 24.5 Å². The lowest BCUT2D eigenvalue weighted by atomic mass is 10.1. The van der Waals surface area contributed by atoms with Gasteiger partial charge in [-0.15, -0.1) is 0 Å². The molecule has 3 aromatic rings. The number of carbonyl (C=O) groups is 2. The van der Waals surface area contributed by atoms with Crippen LogP contribution in [0.1, 0.15) is 26.3 Å². The Balaban J connectivity index is 1.73. The molecule has 0 fully saturated rings. The van der Waals surface area contributed by atoms with Crippen molar-refractivity contribution in [3.63, 3.8) is 0 Å². The molecular weight excluding hydrogens is 352 g/mol. The summed E-state index contributed by atoms with van der Waals surface area (Å²) in [5.74, 6) is -3.10. The van der Waals surface area contributed by atoms with Crippen LogP contribution in [0.2, 0.25) is 0 Å². The Morgan fingerprint density at radius 3 is 1.93 bits per heavy atom. The quantitative estimate of drug-likeness (QED) is 0.727. The first-order valence-corrected chi connectivity index (χ1v) is 8.02. The summed E-state index contributed by atoms with van der Waals surface area (Å²) in [6.45, 7) is 1.94. The number of rotatable bonds is 4. The van der Waals surface area contributed by atoms with E-state index in [0.29, 0.717) is 5.69 Å². The zero-order valence-corrected chi connectivity index (χ0v) is 14.3. The molecule has 2 N–H and O–H groups in total. The van der Waals surface area contributed by atoms with Crippen molar-refractivity contribution in [2.75, 3.05) is 10.6 Å². The number of amides is 2. The number of nitrogens with one attached hydrogen (secondary N) is 2. The summed E-state index contributed by atoms with van der Waals surface area (Å²) in [4.78, 5) is 28.5. The molecule has 0 spiro atoms. The van der Waals surface area contributed by atoms with Crippen LogP contribution in [-0.2, 0) is 0 Å². The highest BCUT2D eigenvalue weighted by atomic mass is 19.2. The van der Waals surface area contributed by atoms with Crippen LogP contribution < -0.4 is 10.6 Å². The van der Waals surface area contributed by atoms with Crippen molar-refractivity contribution in [3.05, 3.63) is 89.2 Å². The molecule has 5 nitrogen and oxygen atoms in total. The van der Waals surface area contributed by atoms with Crippen molar-refractivity contribution >= 4 is 23.2 Å². The van der Waals surface area contributed by atoms with Gasteiger partial charge in [0, 0.05) is 29.8 Å². The normalized spacial score (nSPS) is 10.3. The molecule has 0 saturated carbocycles. The molecule has 1 heterocycles. The van der Waals surface area contributed by atoms with Crippen LogP contribution in [0.5, 0.6) is 0 Å². The maximum Gasteiger partial charge on any atom is 0.257 e. The lowest BCUT2D eigenvalue weighted by Crippen LogP contribution is -2.16. The van der Waals surface area contributed by atoms with Crippen LogP contribution in [0, 0.1) is 18.6 Å². The Kier molecular flexibility index (Phi) is 5.21. The highest BCUT2D eigenvalue weighted by Gasteiger charge is 2.13. The van der Waals surface area contributed by atoms with Gasteiger partial charge in [-0.25, -0.2) is 8.78 Å². The Morgan fingerprint density at radius 2 is 1.33 bits per heavy atom. The monoisotopic (exact) mass is 367 g/mol.